The van der Waals surface area contributed by atoms with Crippen LogP contribution in [0.2, 0.25) is 0 Å². The van der Waals surface area contributed by atoms with Gasteiger partial charge in [0.1, 0.15) is 0 Å². The van der Waals surface area contributed by atoms with Gasteiger partial charge in [0.05, 0.1) is 24.2 Å². The van der Waals surface area contributed by atoms with Crippen molar-refractivity contribution in [2.75, 3.05) is 6.61 Å². The molecule has 0 atom stereocenters. The van der Waals surface area contributed by atoms with E-state index >= 15 is 0 Å². The van der Waals surface area contributed by atoms with Crippen molar-refractivity contribution in [1.29, 1.82) is 0 Å². The number of aromatic nitrogens is 4. The molecule has 0 amide bonds. The van der Waals surface area contributed by atoms with E-state index in [0.717, 1.165) is 22.2 Å². The predicted molar refractivity (Wildman–Crippen MR) is 69.7 cm³/mol. The van der Waals surface area contributed by atoms with Crippen LogP contribution in [0.3, 0.4) is 0 Å². The SMILES string of the molecule is OCCc1cn(Cc2csc(-c3ccco3)n2)nn1. The summed E-state index contributed by atoms with van der Waals surface area (Å²) in [4.78, 5) is 4.49. The molecule has 6 nitrogen and oxygen atoms in total. The van der Waals surface area contributed by atoms with Crippen molar-refractivity contribution >= 4 is 11.3 Å². The molecule has 19 heavy (non-hydrogen) atoms. The molecule has 0 aliphatic heterocycles. The van der Waals surface area contributed by atoms with E-state index in [1.54, 1.807) is 10.9 Å². The van der Waals surface area contributed by atoms with E-state index in [2.05, 4.69) is 15.3 Å². The van der Waals surface area contributed by atoms with Crippen LogP contribution >= 0.6 is 11.3 Å². The van der Waals surface area contributed by atoms with Crippen LogP contribution in [0.1, 0.15) is 11.4 Å². The Morgan fingerprint density at radius 3 is 3.11 bits per heavy atom. The topological polar surface area (TPSA) is 77.0 Å². The number of hydrogen-bond acceptors (Lipinski definition) is 6. The molecule has 3 rings (SSSR count). The number of thiazole rings is 1. The third kappa shape index (κ3) is 2.72. The van der Waals surface area contributed by atoms with Gasteiger partial charge < -0.3 is 9.52 Å². The highest BCUT2D eigenvalue weighted by atomic mass is 32.1. The number of aliphatic hydroxyl groups excluding tert-OH is 1. The molecule has 3 heterocycles. The van der Waals surface area contributed by atoms with Crippen molar-refractivity contribution in [3.63, 3.8) is 0 Å². The van der Waals surface area contributed by atoms with Crippen LogP contribution in [0.15, 0.2) is 34.4 Å². The molecule has 7 heteroatoms. The fourth-order valence-corrected chi connectivity index (χ4v) is 2.48. The standard InChI is InChI=1S/C12H12N4O2S/c17-4-3-9-6-16(15-14-9)7-10-8-19-12(13-10)11-2-1-5-18-11/h1-2,5-6,8,17H,3-4,7H2. The molecule has 0 aromatic carbocycles. The lowest BCUT2D eigenvalue weighted by molar-refractivity contribution is 0.298. The number of hydrogen-bond donors (Lipinski definition) is 1. The zero-order valence-corrected chi connectivity index (χ0v) is 10.9. The first-order chi connectivity index (χ1) is 9.35. The summed E-state index contributed by atoms with van der Waals surface area (Å²) in [7, 11) is 0. The van der Waals surface area contributed by atoms with E-state index in [0.29, 0.717) is 13.0 Å². The minimum atomic E-state index is 0.0814. The van der Waals surface area contributed by atoms with E-state index < -0.39 is 0 Å². The van der Waals surface area contributed by atoms with Gasteiger partial charge in [0.25, 0.3) is 0 Å². The van der Waals surface area contributed by atoms with Crippen molar-refractivity contribution in [1.82, 2.24) is 20.0 Å². The smallest absolute Gasteiger partial charge is 0.162 e. The van der Waals surface area contributed by atoms with Gasteiger partial charge in [0.2, 0.25) is 0 Å². The molecule has 0 saturated carbocycles. The third-order valence-corrected chi connectivity index (χ3v) is 3.47. The zero-order chi connectivity index (χ0) is 13.1. The van der Waals surface area contributed by atoms with Gasteiger partial charge >= 0.3 is 0 Å². The number of nitrogens with zero attached hydrogens (tertiary/aromatic N) is 4. The van der Waals surface area contributed by atoms with E-state index in [9.17, 15) is 0 Å². The van der Waals surface area contributed by atoms with Gasteiger partial charge in [0.15, 0.2) is 10.8 Å². The second-order valence-electron chi connectivity index (χ2n) is 4.00. The van der Waals surface area contributed by atoms with Crippen LogP contribution in [0.25, 0.3) is 10.8 Å². The lowest BCUT2D eigenvalue weighted by atomic mass is 10.3. The number of aliphatic hydroxyl groups is 1. The quantitative estimate of drug-likeness (QED) is 0.765. The molecule has 0 unspecified atom stereocenters. The maximum absolute atomic E-state index is 8.83. The summed E-state index contributed by atoms with van der Waals surface area (Å²) in [6, 6.07) is 3.73. The van der Waals surface area contributed by atoms with Crippen molar-refractivity contribution in [2.45, 2.75) is 13.0 Å². The van der Waals surface area contributed by atoms with Crippen LogP contribution in [-0.4, -0.2) is 31.7 Å². The normalized spacial score (nSPS) is 11.0. The Morgan fingerprint density at radius 2 is 2.32 bits per heavy atom. The Kier molecular flexibility index (Phi) is 3.39. The molecule has 0 spiro atoms. The second-order valence-corrected chi connectivity index (χ2v) is 4.86. The van der Waals surface area contributed by atoms with Crippen molar-refractivity contribution in [2.24, 2.45) is 0 Å². The highest BCUT2D eigenvalue weighted by molar-refractivity contribution is 7.13. The average Bonchev–Trinajstić information content (AvgIpc) is 3.10. The molecule has 0 aliphatic carbocycles. The maximum Gasteiger partial charge on any atom is 0.162 e. The van der Waals surface area contributed by atoms with Gasteiger partial charge in [-0.2, -0.15) is 0 Å². The summed E-state index contributed by atoms with van der Waals surface area (Å²) < 4.78 is 7.02. The highest BCUT2D eigenvalue weighted by Crippen LogP contribution is 2.24. The molecule has 1 N–H and O–H groups in total. The van der Waals surface area contributed by atoms with Crippen LogP contribution in [-0.2, 0) is 13.0 Å². The summed E-state index contributed by atoms with van der Waals surface area (Å²) in [6.07, 6.45) is 3.98. The highest BCUT2D eigenvalue weighted by Gasteiger charge is 2.08. The minimum absolute atomic E-state index is 0.0814. The Hall–Kier alpha value is -1.99. The minimum Gasteiger partial charge on any atom is -0.462 e. The Labute approximate surface area is 113 Å². The van der Waals surface area contributed by atoms with Crippen molar-refractivity contribution in [3.05, 3.63) is 41.4 Å². The molecular formula is C12H12N4O2S. The number of furan rings is 1. The van der Waals surface area contributed by atoms with Gasteiger partial charge in [-0.05, 0) is 12.1 Å². The summed E-state index contributed by atoms with van der Waals surface area (Å²) in [6.45, 7) is 0.647. The van der Waals surface area contributed by atoms with Crippen LogP contribution in [0.4, 0.5) is 0 Å². The second kappa shape index (κ2) is 5.33. The lowest BCUT2D eigenvalue weighted by Crippen LogP contribution is -2.00. The average molecular weight is 276 g/mol. The van der Waals surface area contributed by atoms with Crippen molar-refractivity contribution < 1.29 is 9.52 Å². The maximum atomic E-state index is 8.83. The van der Waals surface area contributed by atoms with Crippen LogP contribution < -0.4 is 0 Å². The molecule has 0 radical (unpaired) electrons. The monoisotopic (exact) mass is 276 g/mol. The third-order valence-electron chi connectivity index (χ3n) is 2.56. The summed E-state index contributed by atoms with van der Waals surface area (Å²) >= 11 is 1.54. The largest absolute Gasteiger partial charge is 0.462 e. The molecule has 0 bridgehead atoms. The fourth-order valence-electron chi connectivity index (χ4n) is 1.70. The van der Waals surface area contributed by atoms with E-state index in [1.165, 1.54) is 11.3 Å². The first kappa shape index (κ1) is 12.1. The van der Waals surface area contributed by atoms with Crippen molar-refractivity contribution in [3.8, 4) is 10.8 Å². The summed E-state index contributed by atoms with van der Waals surface area (Å²) in [5, 5.41) is 19.6. The first-order valence-corrected chi connectivity index (χ1v) is 6.71. The molecule has 0 aliphatic rings. The molecular weight excluding hydrogens is 264 g/mol. The van der Waals surface area contributed by atoms with Gasteiger partial charge in [-0.15, -0.1) is 16.4 Å². The van der Waals surface area contributed by atoms with Gasteiger partial charge in [-0.1, -0.05) is 5.21 Å². The molecule has 0 saturated heterocycles. The van der Waals surface area contributed by atoms with Gasteiger partial charge in [-0.3, -0.25) is 0 Å². The summed E-state index contributed by atoms with van der Waals surface area (Å²) in [5.41, 5.74) is 1.70. The lowest BCUT2D eigenvalue weighted by Gasteiger charge is -1.95. The molecule has 98 valence electrons. The predicted octanol–water partition coefficient (Wildman–Crippen LogP) is 1.58. The van der Waals surface area contributed by atoms with Gasteiger partial charge in [-0.25, -0.2) is 9.67 Å². The van der Waals surface area contributed by atoms with Crippen LogP contribution in [0, 0.1) is 0 Å². The Balaban J connectivity index is 1.72. The molecule has 3 aromatic heterocycles. The van der Waals surface area contributed by atoms with E-state index in [-0.39, 0.29) is 6.61 Å². The summed E-state index contributed by atoms with van der Waals surface area (Å²) in [5.74, 6) is 0.774. The van der Waals surface area contributed by atoms with E-state index in [1.807, 2.05) is 23.7 Å². The Bertz CT molecular complexity index is 644. The Morgan fingerprint density at radius 1 is 1.37 bits per heavy atom. The van der Waals surface area contributed by atoms with Crippen LogP contribution in [0.5, 0.6) is 0 Å². The van der Waals surface area contributed by atoms with Gasteiger partial charge in [0, 0.05) is 24.6 Å². The molecule has 0 fully saturated rings. The first-order valence-electron chi connectivity index (χ1n) is 5.83. The van der Waals surface area contributed by atoms with E-state index in [4.69, 9.17) is 9.52 Å². The number of rotatable bonds is 5. The fraction of sp³-hybridized carbons (Fsp3) is 0.250. The molecule has 3 aromatic rings. The zero-order valence-electron chi connectivity index (χ0n) is 10.1.